The van der Waals surface area contributed by atoms with E-state index in [0.29, 0.717) is 32.0 Å². The van der Waals surface area contributed by atoms with Crippen molar-refractivity contribution in [2.45, 2.75) is 26.2 Å². The third kappa shape index (κ3) is 4.69. The molecule has 0 radical (unpaired) electrons. The van der Waals surface area contributed by atoms with Gasteiger partial charge < -0.3 is 15.5 Å². The van der Waals surface area contributed by atoms with Crippen molar-refractivity contribution in [1.29, 1.82) is 0 Å². The predicted molar refractivity (Wildman–Crippen MR) is 95.2 cm³/mol. The maximum atomic E-state index is 12.4. The Morgan fingerprint density at radius 1 is 1.26 bits per heavy atom. The highest BCUT2D eigenvalue weighted by Crippen LogP contribution is 2.27. The lowest BCUT2D eigenvalue weighted by Gasteiger charge is -2.17. The van der Waals surface area contributed by atoms with Crippen LogP contribution in [0.25, 0.3) is 0 Å². The van der Waals surface area contributed by atoms with Crippen molar-refractivity contribution < 1.29 is 9.59 Å². The van der Waals surface area contributed by atoms with Gasteiger partial charge in [-0.05, 0) is 37.1 Å². The number of carbonyl (C=O) groups is 2. The van der Waals surface area contributed by atoms with E-state index in [1.807, 2.05) is 31.3 Å². The summed E-state index contributed by atoms with van der Waals surface area (Å²) < 4.78 is 0. The van der Waals surface area contributed by atoms with Crippen molar-refractivity contribution in [2.24, 2.45) is 5.92 Å². The number of nitrogens with zero attached hydrogens (tertiary/aromatic N) is 1. The van der Waals surface area contributed by atoms with E-state index < -0.39 is 5.92 Å². The second-order valence-corrected chi connectivity index (χ2v) is 5.97. The van der Waals surface area contributed by atoms with Crippen LogP contribution in [0.5, 0.6) is 0 Å². The lowest BCUT2D eigenvalue weighted by atomic mass is 10.0. The van der Waals surface area contributed by atoms with Crippen LogP contribution in [0.4, 0.5) is 5.69 Å². The summed E-state index contributed by atoms with van der Waals surface area (Å²) in [4.78, 5) is 26.2. The summed E-state index contributed by atoms with van der Waals surface area (Å²) >= 11 is 0. The summed E-state index contributed by atoms with van der Waals surface area (Å²) in [6.07, 6.45) is 0.580. The van der Waals surface area contributed by atoms with Crippen molar-refractivity contribution in [1.82, 2.24) is 10.6 Å². The molecule has 6 heteroatoms. The third-order valence-corrected chi connectivity index (χ3v) is 4.07. The van der Waals surface area contributed by atoms with E-state index in [4.69, 9.17) is 0 Å². The summed E-state index contributed by atoms with van der Waals surface area (Å²) in [7, 11) is 1.83. The second kappa shape index (κ2) is 8.89. The molecule has 1 aromatic rings. The van der Waals surface area contributed by atoms with E-state index in [0.717, 1.165) is 5.69 Å². The Bertz CT molecular complexity index is 531. The number of halogens is 1. The van der Waals surface area contributed by atoms with Gasteiger partial charge in [-0.1, -0.05) is 26.0 Å². The summed E-state index contributed by atoms with van der Waals surface area (Å²) in [5.74, 6) is -0.350. The van der Waals surface area contributed by atoms with Gasteiger partial charge in [0.05, 0.1) is 0 Å². The standard InChI is InChI=1S/C17H25N3O2.ClH/c1-12(2)13-4-6-14(7-5-13)20-11-8-15(17(20)22)16(21)19-10-9-18-3;/h4-7,12,15,18H,8-11H2,1-3H3,(H,19,21);1H. The number of carbonyl (C=O) groups excluding carboxylic acids is 2. The van der Waals surface area contributed by atoms with Crippen LogP contribution >= 0.6 is 12.4 Å². The minimum atomic E-state index is -0.554. The molecule has 2 rings (SSSR count). The molecule has 0 aliphatic carbocycles. The monoisotopic (exact) mass is 339 g/mol. The van der Waals surface area contributed by atoms with Crippen molar-refractivity contribution in [3.05, 3.63) is 29.8 Å². The van der Waals surface area contributed by atoms with E-state index >= 15 is 0 Å². The zero-order chi connectivity index (χ0) is 16.1. The molecule has 1 saturated heterocycles. The Balaban J connectivity index is 0.00000264. The van der Waals surface area contributed by atoms with E-state index in [-0.39, 0.29) is 24.2 Å². The fourth-order valence-corrected chi connectivity index (χ4v) is 2.65. The average molecular weight is 340 g/mol. The minimum absolute atomic E-state index is 0. The van der Waals surface area contributed by atoms with E-state index in [2.05, 4.69) is 24.5 Å². The molecule has 128 valence electrons. The molecular formula is C17H26ClN3O2. The van der Waals surface area contributed by atoms with Gasteiger partial charge >= 0.3 is 0 Å². The van der Waals surface area contributed by atoms with Gasteiger partial charge in [0.2, 0.25) is 11.8 Å². The highest BCUT2D eigenvalue weighted by molar-refractivity contribution is 6.09. The first-order valence-corrected chi connectivity index (χ1v) is 7.88. The van der Waals surface area contributed by atoms with Gasteiger partial charge in [-0.25, -0.2) is 0 Å². The Hall–Kier alpha value is -1.59. The Morgan fingerprint density at radius 3 is 2.48 bits per heavy atom. The maximum Gasteiger partial charge on any atom is 0.239 e. The zero-order valence-corrected chi connectivity index (χ0v) is 14.8. The van der Waals surface area contributed by atoms with Crippen LogP contribution in [0.1, 0.15) is 31.7 Å². The summed E-state index contributed by atoms with van der Waals surface area (Å²) in [6, 6.07) is 8.03. The first-order valence-electron chi connectivity index (χ1n) is 7.88. The first kappa shape index (κ1) is 19.5. The molecule has 1 unspecified atom stereocenters. The average Bonchev–Trinajstić information content (AvgIpc) is 2.89. The molecule has 0 bridgehead atoms. The van der Waals surface area contributed by atoms with Crippen molar-refractivity contribution in [3.63, 3.8) is 0 Å². The number of hydrogen-bond acceptors (Lipinski definition) is 3. The number of amides is 2. The number of rotatable bonds is 6. The molecule has 0 saturated carbocycles. The first-order chi connectivity index (χ1) is 10.5. The van der Waals surface area contributed by atoms with E-state index in [9.17, 15) is 9.59 Å². The predicted octanol–water partition coefficient (Wildman–Crippen LogP) is 1.92. The summed E-state index contributed by atoms with van der Waals surface area (Å²) in [5, 5.41) is 5.77. The largest absolute Gasteiger partial charge is 0.354 e. The number of nitrogens with one attached hydrogen (secondary N) is 2. The molecule has 1 aromatic carbocycles. The smallest absolute Gasteiger partial charge is 0.239 e. The highest BCUT2D eigenvalue weighted by Gasteiger charge is 2.37. The van der Waals surface area contributed by atoms with Gasteiger partial charge in [0.25, 0.3) is 0 Å². The molecule has 23 heavy (non-hydrogen) atoms. The van der Waals surface area contributed by atoms with Crippen molar-refractivity contribution in [2.75, 3.05) is 31.6 Å². The van der Waals surface area contributed by atoms with Gasteiger partial charge in [-0.3, -0.25) is 9.59 Å². The number of hydrogen-bond donors (Lipinski definition) is 2. The van der Waals surface area contributed by atoms with Gasteiger partial charge in [-0.15, -0.1) is 12.4 Å². The Kier molecular flexibility index (Phi) is 7.52. The lowest BCUT2D eigenvalue weighted by molar-refractivity contribution is -0.132. The normalized spacial score (nSPS) is 17.3. The van der Waals surface area contributed by atoms with Gasteiger partial charge in [0.1, 0.15) is 5.92 Å². The van der Waals surface area contributed by atoms with Gasteiger partial charge in [0.15, 0.2) is 0 Å². The molecule has 0 aromatic heterocycles. The molecule has 1 aliphatic heterocycles. The van der Waals surface area contributed by atoms with Crippen molar-refractivity contribution in [3.8, 4) is 0 Å². The van der Waals surface area contributed by atoms with Crippen LogP contribution in [-0.4, -0.2) is 38.5 Å². The zero-order valence-electron chi connectivity index (χ0n) is 14.0. The number of benzene rings is 1. The van der Waals surface area contributed by atoms with E-state index in [1.165, 1.54) is 5.56 Å². The Morgan fingerprint density at radius 2 is 1.91 bits per heavy atom. The topological polar surface area (TPSA) is 61.4 Å². The van der Waals surface area contributed by atoms with Crippen LogP contribution in [-0.2, 0) is 9.59 Å². The third-order valence-electron chi connectivity index (χ3n) is 4.07. The fraction of sp³-hybridized carbons (Fsp3) is 0.529. The quantitative estimate of drug-likeness (QED) is 0.615. The second-order valence-electron chi connectivity index (χ2n) is 5.97. The number of anilines is 1. The van der Waals surface area contributed by atoms with Gasteiger partial charge in [0, 0.05) is 25.3 Å². The Labute approximate surface area is 144 Å². The molecule has 1 atom stereocenters. The lowest BCUT2D eigenvalue weighted by Crippen LogP contribution is -2.39. The molecule has 1 aliphatic rings. The minimum Gasteiger partial charge on any atom is -0.354 e. The maximum absolute atomic E-state index is 12.4. The van der Waals surface area contributed by atoms with Gasteiger partial charge in [-0.2, -0.15) is 0 Å². The van der Waals surface area contributed by atoms with Crippen LogP contribution < -0.4 is 15.5 Å². The van der Waals surface area contributed by atoms with Crippen LogP contribution in [0, 0.1) is 5.92 Å². The fourth-order valence-electron chi connectivity index (χ4n) is 2.65. The van der Waals surface area contributed by atoms with E-state index in [1.54, 1.807) is 4.90 Å². The molecule has 1 heterocycles. The molecule has 2 amide bonds. The van der Waals surface area contributed by atoms with Crippen LogP contribution in [0.3, 0.4) is 0 Å². The molecule has 5 nitrogen and oxygen atoms in total. The highest BCUT2D eigenvalue weighted by atomic mass is 35.5. The van der Waals surface area contributed by atoms with Crippen LogP contribution in [0.2, 0.25) is 0 Å². The molecule has 0 spiro atoms. The molecule has 1 fully saturated rings. The molecule has 2 N–H and O–H groups in total. The summed E-state index contributed by atoms with van der Waals surface area (Å²) in [5.41, 5.74) is 2.12. The molecular weight excluding hydrogens is 314 g/mol. The van der Waals surface area contributed by atoms with Crippen LogP contribution in [0.15, 0.2) is 24.3 Å². The van der Waals surface area contributed by atoms with Crippen molar-refractivity contribution >= 4 is 29.9 Å². The SMILES string of the molecule is CNCCNC(=O)C1CCN(c2ccc(C(C)C)cc2)C1=O.Cl. The summed E-state index contributed by atoms with van der Waals surface area (Å²) in [6.45, 7) is 6.13. The number of likely N-dealkylation sites (N-methyl/N-ethyl adjacent to an activating group) is 1.